The van der Waals surface area contributed by atoms with Crippen molar-refractivity contribution in [2.24, 2.45) is 0 Å². The molecular formula is C7H8NO2S2-. The normalized spacial score (nSPS) is 10.1. The summed E-state index contributed by atoms with van der Waals surface area (Å²) in [6.45, 7) is 1.93. The predicted octanol–water partition coefficient (Wildman–Crippen LogP) is 0.435. The Balaban J connectivity index is 2.29. The van der Waals surface area contributed by atoms with Crippen LogP contribution in [0.5, 0.6) is 0 Å². The second kappa shape index (κ2) is 4.47. The third-order valence-corrected chi connectivity index (χ3v) is 2.90. The number of carboxylic acid groups (broad SMARTS) is 1. The molecule has 0 unspecified atom stereocenters. The first-order chi connectivity index (χ1) is 5.68. The fourth-order valence-corrected chi connectivity index (χ4v) is 2.06. The summed E-state index contributed by atoms with van der Waals surface area (Å²) in [5, 5.41) is 13.0. The van der Waals surface area contributed by atoms with Crippen LogP contribution < -0.4 is 5.11 Å². The van der Waals surface area contributed by atoms with Crippen molar-refractivity contribution in [2.75, 3.05) is 5.75 Å². The SMILES string of the molecule is Cc1nc(CSCC(=O)[O-])cs1. The highest BCUT2D eigenvalue weighted by Crippen LogP contribution is 2.14. The lowest BCUT2D eigenvalue weighted by Crippen LogP contribution is -2.24. The van der Waals surface area contributed by atoms with Crippen LogP contribution in [0.1, 0.15) is 10.7 Å². The zero-order valence-corrected chi connectivity index (χ0v) is 8.20. The van der Waals surface area contributed by atoms with Crippen LogP contribution in [0.3, 0.4) is 0 Å². The number of thioether (sulfide) groups is 1. The van der Waals surface area contributed by atoms with E-state index in [1.165, 1.54) is 11.8 Å². The van der Waals surface area contributed by atoms with E-state index in [0.717, 1.165) is 10.7 Å². The second-order valence-electron chi connectivity index (χ2n) is 2.22. The molecule has 3 nitrogen and oxygen atoms in total. The maximum absolute atomic E-state index is 10.0. The number of aliphatic carboxylic acids is 1. The molecule has 0 N–H and O–H groups in total. The Morgan fingerprint density at radius 1 is 1.83 bits per heavy atom. The third-order valence-electron chi connectivity index (χ3n) is 1.14. The van der Waals surface area contributed by atoms with Crippen molar-refractivity contribution in [2.45, 2.75) is 12.7 Å². The van der Waals surface area contributed by atoms with Crippen molar-refractivity contribution < 1.29 is 9.90 Å². The summed E-state index contributed by atoms with van der Waals surface area (Å²) in [5.41, 5.74) is 0.948. The molecule has 0 aliphatic carbocycles. The Labute approximate surface area is 78.8 Å². The Morgan fingerprint density at radius 3 is 3.08 bits per heavy atom. The van der Waals surface area contributed by atoms with E-state index < -0.39 is 5.97 Å². The van der Waals surface area contributed by atoms with Crippen LogP contribution >= 0.6 is 23.1 Å². The van der Waals surface area contributed by atoms with Gasteiger partial charge in [0, 0.05) is 16.9 Å². The zero-order valence-electron chi connectivity index (χ0n) is 6.57. The number of nitrogens with zero attached hydrogens (tertiary/aromatic N) is 1. The van der Waals surface area contributed by atoms with E-state index in [9.17, 15) is 9.90 Å². The fraction of sp³-hybridized carbons (Fsp3) is 0.429. The van der Waals surface area contributed by atoms with Crippen LogP contribution in [0.2, 0.25) is 0 Å². The van der Waals surface area contributed by atoms with Crippen molar-refractivity contribution >= 4 is 29.1 Å². The highest BCUT2D eigenvalue weighted by atomic mass is 32.2. The number of rotatable bonds is 4. The predicted molar refractivity (Wildman–Crippen MR) is 48.0 cm³/mol. The number of carboxylic acids is 1. The van der Waals surface area contributed by atoms with Crippen LogP contribution in [0, 0.1) is 6.92 Å². The van der Waals surface area contributed by atoms with Gasteiger partial charge in [0.15, 0.2) is 0 Å². The fourth-order valence-electron chi connectivity index (χ4n) is 0.713. The number of aromatic nitrogens is 1. The summed E-state index contributed by atoms with van der Waals surface area (Å²) in [4.78, 5) is 14.2. The van der Waals surface area contributed by atoms with Gasteiger partial charge in [-0.15, -0.1) is 23.1 Å². The molecule has 5 heteroatoms. The van der Waals surface area contributed by atoms with Gasteiger partial charge >= 0.3 is 0 Å². The van der Waals surface area contributed by atoms with Gasteiger partial charge in [-0.25, -0.2) is 4.98 Å². The van der Waals surface area contributed by atoms with Gasteiger partial charge in [-0.2, -0.15) is 0 Å². The number of aryl methyl sites for hydroxylation is 1. The number of carbonyl (C=O) groups excluding carboxylic acids is 1. The molecule has 0 saturated carbocycles. The molecule has 0 saturated heterocycles. The minimum absolute atomic E-state index is 0.0383. The second-order valence-corrected chi connectivity index (χ2v) is 4.27. The smallest absolute Gasteiger partial charge is 0.0897 e. The maximum atomic E-state index is 10.0. The van der Waals surface area contributed by atoms with E-state index in [4.69, 9.17) is 0 Å². The summed E-state index contributed by atoms with van der Waals surface area (Å²) in [6.07, 6.45) is 0. The topological polar surface area (TPSA) is 53.0 Å². The Hall–Kier alpha value is -0.550. The van der Waals surface area contributed by atoms with E-state index in [-0.39, 0.29) is 5.75 Å². The quantitative estimate of drug-likeness (QED) is 0.710. The van der Waals surface area contributed by atoms with Gasteiger partial charge in [-0.05, 0) is 6.92 Å². The monoisotopic (exact) mass is 202 g/mol. The largest absolute Gasteiger partial charge is 0.549 e. The first-order valence-corrected chi connectivity index (χ1v) is 5.40. The van der Waals surface area contributed by atoms with E-state index in [1.807, 2.05) is 12.3 Å². The van der Waals surface area contributed by atoms with Crippen LogP contribution in [0.15, 0.2) is 5.38 Å². The van der Waals surface area contributed by atoms with Gasteiger partial charge in [-0.1, -0.05) is 0 Å². The number of hydrogen-bond donors (Lipinski definition) is 0. The van der Waals surface area contributed by atoms with Gasteiger partial charge in [0.1, 0.15) is 0 Å². The molecule has 0 fully saturated rings. The van der Waals surface area contributed by atoms with Crippen molar-refractivity contribution in [1.82, 2.24) is 4.98 Å². The molecule has 1 aromatic heterocycles. The lowest BCUT2D eigenvalue weighted by atomic mass is 10.6. The molecule has 0 aliphatic heterocycles. The van der Waals surface area contributed by atoms with Gasteiger partial charge in [-0.3, -0.25) is 0 Å². The average Bonchev–Trinajstić information content (AvgIpc) is 2.35. The summed E-state index contributed by atoms with van der Waals surface area (Å²) >= 11 is 2.89. The molecule has 0 bridgehead atoms. The molecule has 0 amide bonds. The van der Waals surface area contributed by atoms with Gasteiger partial charge in [0.2, 0.25) is 0 Å². The Bertz CT molecular complexity index is 272. The summed E-state index contributed by atoms with van der Waals surface area (Å²) < 4.78 is 0. The van der Waals surface area contributed by atoms with E-state index in [1.54, 1.807) is 11.3 Å². The summed E-state index contributed by atoms with van der Waals surface area (Å²) in [6, 6.07) is 0. The molecule has 66 valence electrons. The van der Waals surface area contributed by atoms with E-state index in [2.05, 4.69) is 4.98 Å². The Morgan fingerprint density at radius 2 is 2.58 bits per heavy atom. The van der Waals surface area contributed by atoms with Crippen LogP contribution in [0.4, 0.5) is 0 Å². The standard InChI is InChI=1S/C7H9NO2S2/c1-5-8-6(3-12-5)2-11-4-7(9)10/h3H,2,4H2,1H3,(H,9,10)/p-1. The molecule has 0 spiro atoms. The van der Waals surface area contributed by atoms with Crippen molar-refractivity contribution in [3.63, 3.8) is 0 Å². The molecule has 0 aliphatic rings. The highest BCUT2D eigenvalue weighted by Gasteiger charge is 1.97. The third kappa shape index (κ3) is 3.23. The molecule has 0 aromatic carbocycles. The van der Waals surface area contributed by atoms with E-state index in [0.29, 0.717) is 5.75 Å². The van der Waals surface area contributed by atoms with E-state index >= 15 is 0 Å². The molecule has 1 heterocycles. The van der Waals surface area contributed by atoms with Crippen LogP contribution in [-0.2, 0) is 10.5 Å². The number of thiazole rings is 1. The molecule has 0 radical (unpaired) electrons. The Kier molecular flexibility index (Phi) is 3.55. The van der Waals surface area contributed by atoms with Crippen LogP contribution in [-0.4, -0.2) is 16.7 Å². The number of hydrogen-bond acceptors (Lipinski definition) is 5. The lowest BCUT2D eigenvalue weighted by molar-refractivity contribution is -0.301. The van der Waals surface area contributed by atoms with Crippen molar-refractivity contribution in [1.29, 1.82) is 0 Å². The molecular weight excluding hydrogens is 194 g/mol. The van der Waals surface area contributed by atoms with Crippen molar-refractivity contribution in [3.8, 4) is 0 Å². The van der Waals surface area contributed by atoms with Gasteiger partial charge in [0.05, 0.1) is 16.7 Å². The molecule has 1 aromatic rings. The first-order valence-electron chi connectivity index (χ1n) is 3.37. The van der Waals surface area contributed by atoms with Crippen LogP contribution in [0.25, 0.3) is 0 Å². The number of carbonyl (C=O) groups is 1. The average molecular weight is 202 g/mol. The summed E-state index contributed by atoms with van der Waals surface area (Å²) in [5.74, 6) is -0.332. The minimum atomic E-state index is -1.02. The minimum Gasteiger partial charge on any atom is -0.549 e. The zero-order chi connectivity index (χ0) is 8.97. The maximum Gasteiger partial charge on any atom is 0.0897 e. The molecule has 1 rings (SSSR count). The molecule has 0 atom stereocenters. The molecule has 12 heavy (non-hydrogen) atoms. The highest BCUT2D eigenvalue weighted by molar-refractivity contribution is 7.99. The van der Waals surface area contributed by atoms with Gasteiger partial charge in [0.25, 0.3) is 0 Å². The van der Waals surface area contributed by atoms with Gasteiger partial charge < -0.3 is 9.90 Å². The first kappa shape index (κ1) is 9.54. The lowest BCUT2D eigenvalue weighted by Gasteiger charge is -1.98. The summed E-state index contributed by atoms with van der Waals surface area (Å²) in [7, 11) is 0. The van der Waals surface area contributed by atoms with Crippen molar-refractivity contribution in [3.05, 3.63) is 16.1 Å².